The summed E-state index contributed by atoms with van der Waals surface area (Å²) in [5, 5.41) is 10.1. The standard InChI is InChI=1S/C11H25NOS/c1-5-7-12(8-6-2)9-11(3,13)10-14-4/h13H,5-10H2,1-4H3. The summed E-state index contributed by atoms with van der Waals surface area (Å²) in [5.74, 6) is 0.816. The predicted octanol–water partition coefficient (Wildman–Crippen LogP) is 2.22. The Hall–Kier alpha value is 0.270. The van der Waals surface area contributed by atoms with Crippen molar-refractivity contribution < 1.29 is 5.11 Å². The molecule has 1 unspecified atom stereocenters. The molecule has 0 amide bonds. The molecular formula is C11H25NOS. The molecule has 1 N–H and O–H groups in total. The highest BCUT2D eigenvalue weighted by molar-refractivity contribution is 7.98. The van der Waals surface area contributed by atoms with Crippen LogP contribution < -0.4 is 0 Å². The Morgan fingerprint density at radius 1 is 1.21 bits per heavy atom. The lowest BCUT2D eigenvalue weighted by atomic mass is 10.1. The van der Waals surface area contributed by atoms with E-state index in [1.165, 1.54) is 0 Å². The Labute approximate surface area is 93.1 Å². The summed E-state index contributed by atoms with van der Waals surface area (Å²) < 4.78 is 0. The maximum atomic E-state index is 10.1. The van der Waals surface area contributed by atoms with Crippen molar-refractivity contribution in [2.45, 2.75) is 39.2 Å². The zero-order valence-electron chi connectivity index (χ0n) is 10.0. The lowest BCUT2D eigenvalue weighted by Crippen LogP contribution is -2.43. The molecule has 0 aromatic carbocycles. The SMILES string of the molecule is CCCN(CCC)CC(C)(O)CSC. The largest absolute Gasteiger partial charge is 0.388 e. The van der Waals surface area contributed by atoms with Gasteiger partial charge in [0.15, 0.2) is 0 Å². The fourth-order valence-corrected chi connectivity index (χ4v) is 2.45. The average molecular weight is 219 g/mol. The van der Waals surface area contributed by atoms with Crippen LogP contribution in [0.2, 0.25) is 0 Å². The van der Waals surface area contributed by atoms with E-state index < -0.39 is 5.60 Å². The summed E-state index contributed by atoms with van der Waals surface area (Å²) in [6.45, 7) is 9.30. The van der Waals surface area contributed by atoms with Crippen molar-refractivity contribution >= 4 is 11.8 Å². The van der Waals surface area contributed by atoms with Crippen molar-refractivity contribution in [3.8, 4) is 0 Å². The molecule has 86 valence electrons. The molecule has 0 bridgehead atoms. The lowest BCUT2D eigenvalue weighted by molar-refractivity contribution is 0.0405. The molecule has 0 heterocycles. The topological polar surface area (TPSA) is 23.5 Å². The summed E-state index contributed by atoms with van der Waals surface area (Å²) in [6, 6.07) is 0. The van der Waals surface area contributed by atoms with E-state index in [0.29, 0.717) is 0 Å². The molecule has 0 spiro atoms. The molecule has 0 saturated heterocycles. The van der Waals surface area contributed by atoms with Crippen LogP contribution in [-0.2, 0) is 0 Å². The fourth-order valence-electron chi connectivity index (χ4n) is 1.74. The van der Waals surface area contributed by atoms with E-state index in [2.05, 4.69) is 18.7 Å². The normalized spacial score (nSPS) is 15.9. The minimum absolute atomic E-state index is 0.538. The molecule has 0 fully saturated rings. The van der Waals surface area contributed by atoms with Gasteiger partial charge in [-0.15, -0.1) is 0 Å². The van der Waals surface area contributed by atoms with Gasteiger partial charge in [0.25, 0.3) is 0 Å². The van der Waals surface area contributed by atoms with Crippen molar-refractivity contribution in [3.05, 3.63) is 0 Å². The van der Waals surface area contributed by atoms with Crippen molar-refractivity contribution in [1.82, 2.24) is 4.90 Å². The van der Waals surface area contributed by atoms with Crippen LogP contribution >= 0.6 is 11.8 Å². The predicted molar refractivity (Wildman–Crippen MR) is 66.0 cm³/mol. The second-order valence-corrected chi connectivity index (χ2v) is 5.07. The van der Waals surface area contributed by atoms with E-state index in [9.17, 15) is 5.11 Å². The van der Waals surface area contributed by atoms with Crippen LogP contribution in [0.4, 0.5) is 0 Å². The summed E-state index contributed by atoms with van der Waals surface area (Å²) in [5.41, 5.74) is -0.538. The molecule has 0 aliphatic carbocycles. The smallest absolute Gasteiger partial charge is 0.0835 e. The van der Waals surface area contributed by atoms with Gasteiger partial charge in [-0.1, -0.05) is 13.8 Å². The Balaban J connectivity index is 3.98. The van der Waals surface area contributed by atoms with Crippen LogP contribution in [0.15, 0.2) is 0 Å². The lowest BCUT2D eigenvalue weighted by Gasteiger charge is -2.30. The van der Waals surface area contributed by atoms with Gasteiger partial charge in [0, 0.05) is 12.3 Å². The highest BCUT2D eigenvalue weighted by atomic mass is 32.2. The molecule has 1 atom stereocenters. The van der Waals surface area contributed by atoms with Crippen molar-refractivity contribution in [3.63, 3.8) is 0 Å². The minimum Gasteiger partial charge on any atom is -0.388 e. The fraction of sp³-hybridized carbons (Fsp3) is 1.00. The zero-order valence-corrected chi connectivity index (χ0v) is 10.9. The van der Waals surface area contributed by atoms with Crippen molar-refractivity contribution in [1.29, 1.82) is 0 Å². The third kappa shape index (κ3) is 6.68. The van der Waals surface area contributed by atoms with Crippen molar-refractivity contribution in [2.24, 2.45) is 0 Å². The number of thioether (sulfide) groups is 1. The molecule has 2 nitrogen and oxygen atoms in total. The Morgan fingerprint density at radius 3 is 2.07 bits per heavy atom. The van der Waals surface area contributed by atoms with E-state index in [1.54, 1.807) is 11.8 Å². The third-order valence-electron chi connectivity index (χ3n) is 2.10. The first-order valence-electron chi connectivity index (χ1n) is 5.49. The van der Waals surface area contributed by atoms with E-state index in [1.807, 2.05) is 13.2 Å². The maximum absolute atomic E-state index is 10.1. The van der Waals surface area contributed by atoms with Gasteiger partial charge >= 0.3 is 0 Å². The molecule has 0 radical (unpaired) electrons. The molecule has 0 rings (SSSR count). The van der Waals surface area contributed by atoms with Gasteiger partial charge in [-0.3, -0.25) is 0 Å². The van der Waals surface area contributed by atoms with Gasteiger partial charge in [-0.25, -0.2) is 0 Å². The third-order valence-corrected chi connectivity index (χ3v) is 3.01. The number of rotatable bonds is 8. The van der Waals surface area contributed by atoms with Crippen LogP contribution in [0.3, 0.4) is 0 Å². The van der Waals surface area contributed by atoms with E-state index >= 15 is 0 Å². The molecular weight excluding hydrogens is 194 g/mol. The number of nitrogens with zero attached hydrogens (tertiary/aromatic N) is 1. The summed E-state index contributed by atoms with van der Waals surface area (Å²) in [7, 11) is 0. The van der Waals surface area contributed by atoms with Crippen LogP contribution in [0.25, 0.3) is 0 Å². The van der Waals surface area contributed by atoms with E-state index in [0.717, 1.165) is 38.2 Å². The Kier molecular flexibility index (Phi) is 7.69. The van der Waals surface area contributed by atoms with Gasteiger partial charge in [0.2, 0.25) is 0 Å². The number of hydrogen-bond acceptors (Lipinski definition) is 3. The summed E-state index contributed by atoms with van der Waals surface area (Å²) >= 11 is 1.71. The first kappa shape index (κ1) is 14.3. The molecule has 14 heavy (non-hydrogen) atoms. The molecule has 3 heteroatoms. The number of aliphatic hydroxyl groups is 1. The average Bonchev–Trinajstić information content (AvgIpc) is 2.03. The van der Waals surface area contributed by atoms with Gasteiger partial charge < -0.3 is 10.0 Å². The van der Waals surface area contributed by atoms with Gasteiger partial charge in [-0.2, -0.15) is 11.8 Å². The number of hydrogen-bond donors (Lipinski definition) is 1. The highest BCUT2D eigenvalue weighted by Gasteiger charge is 2.22. The van der Waals surface area contributed by atoms with Gasteiger partial charge in [0.05, 0.1) is 5.60 Å². The molecule has 0 aliphatic rings. The molecule has 0 saturated carbocycles. The van der Waals surface area contributed by atoms with Crippen LogP contribution in [0, 0.1) is 0 Å². The highest BCUT2D eigenvalue weighted by Crippen LogP contribution is 2.13. The van der Waals surface area contributed by atoms with Gasteiger partial charge in [0.1, 0.15) is 0 Å². The summed E-state index contributed by atoms with van der Waals surface area (Å²) in [4.78, 5) is 2.36. The molecule has 0 aromatic heterocycles. The Morgan fingerprint density at radius 2 is 1.71 bits per heavy atom. The van der Waals surface area contributed by atoms with Crippen LogP contribution in [-0.4, -0.2) is 47.3 Å². The second-order valence-electron chi connectivity index (χ2n) is 4.21. The van der Waals surface area contributed by atoms with Crippen LogP contribution in [0.5, 0.6) is 0 Å². The van der Waals surface area contributed by atoms with E-state index in [-0.39, 0.29) is 0 Å². The molecule has 0 aliphatic heterocycles. The second kappa shape index (κ2) is 7.55. The summed E-state index contributed by atoms with van der Waals surface area (Å²) in [6.07, 6.45) is 4.36. The zero-order chi connectivity index (χ0) is 11.0. The minimum atomic E-state index is -0.538. The monoisotopic (exact) mass is 219 g/mol. The molecule has 0 aromatic rings. The Bertz CT molecular complexity index is 133. The quantitative estimate of drug-likeness (QED) is 0.677. The van der Waals surface area contributed by atoms with Crippen molar-refractivity contribution in [2.75, 3.05) is 31.6 Å². The van der Waals surface area contributed by atoms with Gasteiger partial charge in [-0.05, 0) is 39.1 Å². The maximum Gasteiger partial charge on any atom is 0.0835 e. The first-order valence-corrected chi connectivity index (χ1v) is 6.88. The van der Waals surface area contributed by atoms with Crippen LogP contribution in [0.1, 0.15) is 33.6 Å². The first-order chi connectivity index (χ1) is 6.55. The van der Waals surface area contributed by atoms with E-state index in [4.69, 9.17) is 0 Å².